The standard InChI is InChI=1S/C21H33N7S/c1-5-19-25-21(29-26-19)28-12-10-27(11-13-28)20(23-6-2)24-15-18(16(3)4)17-8-7-9-22-14-17/h7-9,14,16,18H,5-6,10-13,15H2,1-4H3,(H,23,24). The summed E-state index contributed by atoms with van der Waals surface area (Å²) in [5, 5.41) is 4.52. The lowest BCUT2D eigenvalue weighted by molar-refractivity contribution is 0.370. The van der Waals surface area contributed by atoms with Crippen molar-refractivity contribution in [2.45, 2.75) is 40.0 Å². The zero-order valence-corrected chi connectivity index (χ0v) is 18.8. The van der Waals surface area contributed by atoms with Gasteiger partial charge in [-0.3, -0.25) is 9.98 Å². The maximum Gasteiger partial charge on any atom is 0.205 e. The van der Waals surface area contributed by atoms with Crippen molar-refractivity contribution in [3.05, 3.63) is 35.9 Å². The lowest BCUT2D eigenvalue weighted by Crippen LogP contribution is -2.52. The van der Waals surface area contributed by atoms with Crippen LogP contribution in [0.1, 0.15) is 45.0 Å². The van der Waals surface area contributed by atoms with Crippen molar-refractivity contribution in [3.8, 4) is 0 Å². The van der Waals surface area contributed by atoms with Crippen LogP contribution in [0, 0.1) is 5.92 Å². The molecule has 1 N–H and O–H groups in total. The summed E-state index contributed by atoms with van der Waals surface area (Å²) < 4.78 is 4.42. The lowest BCUT2D eigenvalue weighted by Gasteiger charge is -2.36. The molecule has 2 aromatic rings. The minimum absolute atomic E-state index is 0.368. The summed E-state index contributed by atoms with van der Waals surface area (Å²) in [5.41, 5.74) is 1.26. The van der Waals surface area contributed by atoms with Gasteiger partial charge in [-0.15, -0.1) is 0 Å². The Kier molecular flexibility index (Phi) is 7.80. The van der Waals surface area contributed by atoms with Crippen LogP contribution >= 0.6 is 11.5 Å². The molecule has 2 aromatic heterocycles. The maximum absolute atomic E-state index is 5.01. The van der Waals surface area contributed by atoms with Gasteiger partial charge in [0.05, 0.1) is 0 Å². The molecule has 0 aliphatic carbocycles. The summed E-state index contributed by atoms with van der Waals surface area (Å²) >= 11 is 1.51. The van der Waals surface area contributed by atoms with Crippen molar-refractivity contribution in [2.24, 2.45) is 10.9 Å². The Morgan fingerprint density at radius 2 is 2.03 bits per heavy atom. The molecule has 1 atom stereocenters. The van der Waals surface area contributed by atoms with Crippen molar-refractivity contribution in [2.75, 3.05) is 44.2 Å². The Morgan fingerprint density at radius 1 is 1.24 bits per heavy atom. The molecule has 29 heavy (non-hydrogen) atoms. The molecular formula is C21H33N7S. The fourth-order valence-electron chi connectivity index (χ4n) is 3.53. The molecule has 1 aliphatic rings. The number of guanidine groups is 1. The molecule has 0 saturated carbocycles. The van der Waals surface area contributed by atoms with E-state index in [1.807, 2.05) is 18.5 Å². The first-order valence-corrected chi connectivity index (χ1v) is 11.4. The van der Waals surface area contributed by atoms with Crippen molar-refractivity contribution in [3.63, 3.8) is 0 Å². The van der Waals surface area contributed by atoms with Gasteiger partial charge in [-0.2, -0.15) is 4.37 Å². The Labute approximate surface area is 178 Å². The molecule has 8 heteroatoms. The molecule has 0 radical (unpaired) electrons. The highest BCUT2D eigenvalue weighted by molar-refractivity contribution is 7.09. The molecule has 1 unspecified atom stereocenters. The minimum atomic E-state index is 0.368. The van der Waals surface area contributed by atoms with Crippen LogP contribution < -0.4 is 10.2 Å². The minimum Gasteiger partial charge on any atom is -0.357 e. The molecule has 158 valence electrons. The monoisotopic (exact) mass is 415 g/mol. The molecule has 1 fully saturated rings. The third-order valence-corrected chi connectivity index (χ3v) is 6.13. The average molecular weight is 416 g/mol. The maximum atomic E-state index is 5.01. The molecule has 0 bridgehead atoms. The van der Waals surface area contributed by atoms with Gasteiger partial charge in [0.15, 0.2) is 5.96 Å². The first-order chi connectivity index (χ1) is 14.1. The molecule has 1 saturated heterocycles. The predicted molar refractivity (Wildman–Crippen MR) is 121 cm³/mol. The van der Waals surface area contributed by atoms with Gasteiger partial charge in [0, 0.05) is 75.5 Å². The highest BCUT2D eigenvalue weighted by Gasteiger charge is 2.23. The number of nitrogens with one attached hydrogen (secondary N) is 1. The highest BCUT2D eigenvalue weighted by atomic mass is 32.1. The molecule has 0 aromatic carbocycles. The zero-order valence-electron chi connectivity index (χ0n) is 18.0. The van der Waals surface area contributed by atoms with Gasteiger partial charge in [0.25, 0.3) is 0 Å². The average Bonchev–Trinajstić information content (AvgIpc) is 3.23. The number of hydrogen-bond donors (Lipinski definition) is 1. The van der Waals surface area contributed by atoms with Crippen LogP contribution in [0.15, 0.2) is 29.5 Å². The fourth-order valence-corrected chi connectivity index (χ4v) is 4.33. The van der Waals surface area contributed by atoms with Crippen LogP contribution in [-0.4, -0.2) is 64.5 Å². The lowest BCUT2D eigenvalue weighted by atomic mass is 9.89. The van der Waals surface area contributed by atoms with E-state index >= 15 is 0 Å². The second-order valence-corrected chi connectivity index (χ2v) is 8.38. The van der Waals surface area contributed by atoms with E-state index in [9.17, 15) is 0 Å². The first-order valence-electron chi connectivity index (χ1n) is 10.6. The van der Waals surface area contributed by atoms with E-state index in [0.29, 0.717) is 11.8 Å². The molecule has 3 rings (SSSR count). The van der Waals surface area contributed by atoms with Crippen LogP contribution in [-0.2, 0) is 6.42 Å². The van der Waals surface area contributed by atoms with Gasteiger partial charge < -0.3 is 15.1 Å². The second kappa shape index (κ2) is 10.5. The zero-order chi connectivity index (χ0) is 20.6. The van der Waals surface area contributed by atoms with Crippen LogP contribution in [0.4, 0.5) is 5.13 Å². The molecular weight excluding hydrogens is 382 g/mol. The van der Waals surface area contributed by atoms with Crippen LogP contribution in [0.25, 0.3) is 0 Å². The van der Waals surface area contributed by atoms with Gasteiger partial charge in [-0.05, 0) is 24.5 Å². The van der Waals surface area contributed by atoms with E-state index in [0.717, 1.165) is 62.6 Å². The third kappa shape index (κ3) is 5.65. The quantitative estimate of drug-likeness (QED) is 0.554. The number of hydrogen-bond acceptors (Lipinski definition) is 6. The Hall–Kier alpha value is -2.22. The summed E-state index contributed by atoms with van der Waals surface area (Å²) in [5.74, 6) is 2.83. The van der Waals surface area contributed by atoms with Crippen molar-refractivity contribution >= 4 is 22.6 Å². The van der Waals surface area contributed by atoms with E-state index in [4.69, 9.17) is 4.99 Å². The van der Waals surface area contributed by atoms with Gasteiger partial charge in [0.1, 0.15) is 5.82 Å². The van der Waals surface area contributed by atoms with E-state index in [1.165, 1.54) is 17.1 Å². The van der Waals surface area contributed by atoms with Crippen LogP contribution in [0.2, 0.25) is 0 Å². The van der Waals surface area contributed by atoms with E-state index < -0.39 is 0 Å². The normalized spacial score (nSPS) is 16.4. The van der Waals surface area contributed by atoms with E-state index in [2.05, 4.69) is 63.2 Å². The number of aromatic nitrogens is 3. The fraction of sp³-hybridized carbons (Fsp3) is 0.619. The Bertz CT molecular complexity index is 766. The molecule has 7 nitrogen and oxygen atoms in total. The van der Waals surface area contributed by atoms with E-state index in [-0.39, 0.29) is 0 Å². The number of piperazine rings is 1. The van der Waals surface area contributed by atoms with Gasteiger partial charge in [-0.25, -0.2) is 4.98 Å². The number of anilines is 1. The summed E-state index contributed by atoms with van der Waals surface area (Å²) in [4.78, 5) is 18.6. The number of aryl methyl sites for hydroxylation is 1. The largest absolute Gasteiger partial charge is 0.357 e. The van der Waals surface area contributed by atoms with Crippen LogP contribution in [0.5, 0.6) is 0 Å². The van der Waals surface area contributed by atoms with E-state index in [1.54, 1.807) is 0 Å². The number of aliphatic imine (C=N–C) groups is 1. The van der Waals surface area contributed by atoms with Gasteiger partial charge in [-0.1, -0.05) is 26.8 Å². The first kappa shape index (κ1) is 21.5. The Morgan fingerprint density at radius 3 is 2.62 bits per heavy atom. The van der Waals surface area contributed by atoms with Crippen LogP contribution in [0.3, 0.4) is 0 Å². The third-order valence-electron chi connectivity index (χ3n) is 5.31. The molecule has 0 spiro atoms. The highest BCUT2D eigenvalue weighted by Crippen LogP contribution is 2.24. The predicted octanol–water partition coefficient (Wildman–Crippen LogP) is 3.02. The molecule has 3 heterocycles. The van der Waals surface area contributed by atoms with Crippen molar-refractivity contribution in [1.82, 2.24) is 24.6 Å². The second-order valence-electron chi connectivity index (χ2n) is 7.65. The Balaban J connectivity index is 1.64. The topological polar surface area (TPSA) is 69.5 Å². The van der Waals surface area contributed by atoms with Crippen molar-refractivity contribution < 1.29 is 0 Å². The van der Waals surface area contributed by atoms with Gasteiger partial charge in [0.2, 0.25) is 5.13 Å². The molecule has 1 aliphatic heterocycles. The number of nitrogens with zero attached hydrogens (tertiary/aromatic N) is 6. The summed E-state index contributed by atoms with van der Waals surface area (Å²) in [6, 6.07) is 4.17. The number of pyridine rings is 1. The van der Waals surface area contributed by atoms with Gasteiger partial charge >= 0.3 is 0 Å². The molecule has 0 amide bonds. The summed E-state index contributed by atoms with van der Waals surface area (Å²) in [6.45, 7) is 14.1. The smallest absolute Gasteiger partial charge is 0.205 e. The SMILES string of the molecule is CCNC(=NCC(c1cccnc1)C(C)C)N1CCN(c2nc(CC)ns2)CC1. The van der Waals surface area contributed by atoms with Crippen molar-refractivity contribution in [1.29, 1.82) is 0 Å². The summed E-state index contributed by atoms with van der Waals surface area (Å²) in [7, 11) is 0. The summed E-state index contributed by atoms with van der Waals surface area (Å²) in [6.07, 6.45) is 4.69. The number of rotatable bonds is 7.